The number of fused-ring (bicyclic) bond motifs is 1. The summed E-state index contributed by atoms with van der Waals surface area (Å²) < 4.78 is 13.1. The Hall–Kier alpha value is -2.65. The van der Waals surface area contributed by atoms with Crippen molar-refractivity contribution in [1.29, 1.82) is 0 Å². The lowest BCUT2D eigenvalue weighted by molar-refractivity contribution is 0.0698. The molecule has 0 atom stereocenters. The van der Waals surface area contributed by atoms with Gasteiger partial charge in [0, 0.05) is 48.9 Å². The number of halogens is 4. The number of anilines is 2. The number of aromatic nitrogens is 1. The minimum Gasteiger partial charge on any atom is -0.478 e. The minimum atomic E-state index is -1.04. The van der Waals surface area contributed by atoms with E-state index in [1.54, 1.807) is 24.3 Å². The highest BCUT2D eigenvalue weighted by Gasteiger charge is 2.26. The predicted molar refractivity (Wildman–Crippen MR) is 155 cm³/mol. The molecular weight excluding hydrogens is 554 g/mol. The Kier molecular flexibility index (Phi) is 11.6. The van der Waals surface area contributed by atoms with E-state index < -0.39 is 17.7 Å². The molecule has 1 aliphatic carbocycles. The Balaban J connectivity index is 0.00000169. The second kappa shape index (κ2) is 13.9. The van der Waals surface area contributed by atoms with Crippen LogP contribution in [0.1, 0.15) is 52.8 Å². The molecule has 1 aromatic heterocycles. The first kappa shape index (κ1) is 31.6. The number of aromatic carboxylic acids is 1. The van der Waals surface area contributed by atoms with Crippen molar-refractivity contribution < 1.29 is 19.1 Å². The zero-order valence-corrected chi connectivity index (χ0v) is 23.2. The Morgan fingerprint density at radius 1 is 0.895 bits per heavy atom. The van der Waals surface area contributed by atoms with Gasteiger partial charge in [-0.25, -0.2) is 14.2 Å². The van der Waals surface area contributed by atoms with Crippen LogP contribution in [0, 0.1) is 5.82 Å². The molecule has 1 aliphatic heterocycles. The van der Waals surface area contributed by atoms with Crippen LogP contribution in [-0.4, -0.2) is 59.1 Å². The third-order valence-electron chi connectivity index (χ3n) is 7.12. The van der Waals surface area contributed by atoms with Crippen LogP contribution >= 0.6 is 37.2 Å². The van der Waals surface area contributed by atoms with Gasteiger partial charge in [0.25, 0.3) is 5.91 Å². The maximum atomic E-state index is 13.1. The highest BCUT2D eigenvalue weighted by atomic mass is 35.5. The Labute approximate surface area is 240 Å². The lowest BCUT2D eigenvalue weighted by Gasteiger charge is -2.41. The number of amides is 1. The predicted octanol–water partition coefficient (Wildman–Crippen LogP) is 6.04. The normalized spacial score (nSPS) is 16.1. The number of rotatable bonds is 5. The molecule has 0 radical (unpaired) electrons. The van der Waals surface area contributed by atoms with Gasteiger partial charge < -0.3 is 15.3 Å². The molecule has 3 aromatic rings. The molecule has 2 N–H and O–H groups in total. The number of hydrogen-bond acceptors (Lipinski definition) is 5. The molecule has 2 aromatic carbocycles. The van der Waals surface area contributed by atoms with Gasteiger partial charge in [-0.05, 0) is 61.4 Å². The summed E-state index contributed by atoms with van der Waals surface area (Å²) in [6, 6.07) is 12.6. The van der Waals surface area contributed by atoms with Gasteiger partial charge in [-0.15, -0.1) is 37.2 Å². The Morgan fingerprint density at radius 3 is 2.18 bits per heavy atom. The monoisotopic (exact) mass is 584 g/mol. The number of benzene rings is 2. The highest BCUT2D eigenvalue weighted by molar-refractivity contribution is 6.08. The van der Waals surface area contributed by atoms with E-state index in [1.807, 2.05) is 0 Å². The molecule has 7 nitrogen and oxygen atoms in total. The van der Waals surface area contributed by atoms with Gasteiger partial charge >= 0.3 is 5.97 Å². The quantitative estimate of drug-likeness (QED) is 0.380. The summed E-state index contributed by atoms with van der Waals surface area (Å²) in [5.74, 6) is -1.19. The van der Waals surface area contributed by atoms with Crippen molar-refractivity contribution in [3.63, 3.8) is 0 Å². The standard InChI is InChI=1S/C27H29FN4O3.3ClH/c28-19-8-6-18(7-9-19)26(33)29-20-10-11-24-22(16-20)23(27(34)35)17-25(30-24)32-14-12-31(13-15-32)21-4-2-1-3-5-21;;;/h6-11,16-17,21H,1-5,12-15H2,(H,29,33)(H,34,35);3*1H. The topological polar surface area (TPSA) is 85.8 Å². The van der Waals surface area contributed by atoms with Crippen LogP contribution in [0.5, 0.6) is 0 Å². The molecule has 206 valence electrons. The van der Waals surface area contributed by atoms with E-state index in [0.29, 0.717) is 34.0 Å². The van der Waals surface area contributed by atoms with Gasteiger partial charge in [-0.2, -0.15) is 0 Å². The van der Waals surface area contributed by atoms with Gasteiger partial charge in [0.2, 0.25) is 0 Å². The molecule has 0 unspecified atom stereocenters. The van der Waals surface area contributed by atoms with E-state index in [2.05, 4.69) is 15.1 Å². The Bertz CT molecular complexity index is 1250. The first-order chi connectivity index (χ1) is 17.0. The van der Waals surface area contributed by atoms with Crippen LogP contribution in [0.4, 0.5) is 15.9 Å². The molecule has 38 heavy (non-hydrogen) atoms. The SMILES string of the molecule is Cl.Cl.Cl.O=C(Nc1ccc2nc(N3CCN(C4CCCCC4)CC3)cc(C(=O)O)c2c1)c1ccc(F)cc1. The summed E-state index contributed by atoms with van der Waals surface area (Å²) in [5, 5.41) is 13.1. The zero-order valence-electron chi connectivity index (χ0n) is 20.8. The van der Waals surface area contributed by atoms with Gasteiger partial charge in [0.15, 0.2) is 0 Å². The summed E-state index contributed by atoms with van der Waals surface area (Å²) in [5.41, 5.74) is 1.47. The molecule has 1 saturated heterocycles. The molecule has 2 fully saturated rings. The van der Waals surface area contributed by atoms with E-state index in [9.17, 15) is 19.1 Å². The molecule has 11 heteroatoms. The van der Waals surface area contributed by atoms with Crippen molar-refractivity contribution >= 4 is 71.5 Å². The number of nitrogens with zero attached hydrogens (tertiary/aromatic N) is 3. The lowest BCUT2D eigenvalue weighted by Crippen LogP contribution is -2.51. The van der Waals surface area contributed by atoms with Crippen LogP contribution < -0.4 is 10.2 Å². The van der Waals surface area contributed by atoms with Crippen molar-refractivity contribution in [3.8, 4) is 0 Å². The number of carbonyl (C=O) groups excluding carboxylic acids is 1. The van der Waals surface area contributed by atoms with E-state index in [4.69, 9.17) is 4.98 Å². The summed E-state index contributed by atoms with van der Waals surface area (Å²) in [6.07, 6.45) is 6.51. The summed E-state index contributed by atoms with van der Waals surface area (Å²) in [7, 11) is 0. The van der Waals surface area contributed by atoms with Crippen molar-refractivity contribution in [3.05, 3.63) is 65.5 Å². The van der Waals surface area contributed by atoms with Crippen molar-refractivity contribution in [1.82, 2.24) is 9.88 Å². The fraction of sp³-hybridized carbons (Fsp3) is 0.370. The molecule has 1 amide bonds. The molecule has 0 spiro atoms. The fourth-order valence-corrected chi connectivity index (χ4v) is 5.20. The number of carboxylic acids is 1. The van der Waals surface area contributed by atoms with Crippen LogP contribution in [-0.2, 0) is 0 Å². The average molecular weight is 586 g/mol. The van der Waals surface area contributed by atoms with Crippen LogP contribution in [0.25, 0.3) is 10.9 Å². The number of nitrogens with one attached hydrogen (secondary N) is 1. The maximum absolute atomic E-state index is 13.1. The first-order valence-electron chi connectivity index (χ1n) is 12.2. The minimum absolute atomic E-state index is 0. The molecule has 5 rings (SSSR count). The van der Waals surface area contributed by atoms with Crippen LogP contribution in [0.2, 0.25) is 0 Å². The number of carboxylic acid groups (broad SMARTS) is 1. The van der Waals surface area contributed by atoms with Crippen molar-refractivity contribution in [2.24, 2.45) is 0 Å². The number of pyridine rings is 1. The maximum Gasteiger partial charge on any atom is 0.336 e. The first-order valence-corrected chi connectivity index (χ1v) is 12.2. The van der Waals surface area contributed by atoms with Crippen molar-refractivity contribution in [2.45, 2.75) is 38.1 Å². The molecule has 0 bridgehead atoms. The van der Waals surface area contributed by atoms with E-state index in [-0.39, 0.29) is 42.8 Å². The van der Waals surface area contributed by atoms with Crippen LogP contribution in [0.3, 0.4) is 0 Å². The number of hydrogen-bond donors (Lipinski definition) is 2. The summed E-state index contributed by atoms with van der Waals surface area (Å²) >= 11 is 0. The third-order valence-corrected chi connectivity index (χ3v) is 7.12. The van der Waals surface area contributed by atoms with Gasteiger partial charge in [0.1, 0.15) is 11.6 Å². The summed E-state index contributed by atoms with van der Waals surface area (Å²) in [4.78, 5) is 34.1. The largest absolute Gasteiger partial charge is 0.478 e. The van der Waals surface area contributed by atoms with Crippen LogP contribution in [0.15, 0.2) is 48.5 Å². The number of piperazine rings is 1. The van der Waals surface area contributed by atoms with E-state index in [0.717, 1.165) is 26.2 Å². The second-order valence-electron chi connectivity index (χ2n) is 9.34. The molecular formula is C27H32Cl3FN4O3. The molecule has 1 saturated carbocycles. The average Bonchev–Trinajstić information content (AvgIpc) is 2.89. The lowest BCUT2D eigenvalue weighted by atomic mass is 9.94. The Morgan fingerprint density at radius 2 is 1.55 bits per heavy atom. The smallest absolute Gasteiger partial charge is 0.336 e. The zero-order chi connectivity index (χ0) is 24.4. The van der Waals surface area contributed by atoms with Gasteiger partial charge in [-0.3, -0.25) is 9.69 Å². The number of carbonyl (C=O) groups is 2. The highest BCUT2D eigenvalue weighted by Crippen LogP contribution is 2.28. The summed E-state index contributed by atoms with van der Waals surface area (Å²) in [6.45, 7) is 3.56. The van der Waals surface area contributed by atoms with Crippen molar-refractivity contribution in [2.75, 3.05) is 36.4 Å². The third kappa shape index (κ3) is 7.05. The second-order valence-corrected chi connectivity index (χ2v) is 9.34. The fourth-order valence-electron chi connectivity index (χ4n) is 5.20. The molecule has 2 aliphatic rings. The van der Waals surface area contributed by atoms with Gasteiger partial charge in [0.05, 0.1) is 11.1 Å². The van der Waals surface area contributed by atoms with E-state index >= 15 is 0 Å². The molecule has 2 heterocycles. The van der Waals surface area contributed by atoms with E-state index in [1.165, 1.54) is 56.4 Å². The van der Waals surface area contributed by atoms with Gasteiger partial charge in [-0.1, -0.05) is 19.3 Å².